The quantitative estimate of drug-likeness (QED) is 0.644. The molecule has 1 N–H and O–H groups in total. The highest BCUT2D eigenvalue weighted by molar-refractivity contribution is 6.42. The molecule has 2 bridgehead atoms. The summed E-state index contributed by atoms with van der Waals surface area (Å²) < 4.78 is 5.84. The molecule has 0 aromatic heterocycles. The molecule has 3 fully saturated rings. The van der Waals surface area contributed by atoms with E-state index in [9.17, 15) is 4.79 Å². The van der Waals surface area contributed by atoms with E-state index in [4.69, 9.17) is 27.9 Å². The van der Waals surface area contributed by atoms with Crippen molar-refractivity contribution in [3.63, 3.8) is 0 Å². The van der Waals surface area contributed by atoms with Gasteiger partial charge >= 0.3 is 6.09 Å². The Hall–Kier alpha value is -1.75. The van der Waals surface area contributed by atoms with Gasteiger partial charge in [-0.05, 0) is 85.5 Å². The standard InChI is InChI=1S/C24H26Cl2N2O2/c25-20-7-5-17(13-21(20)26)16-4-6-19-18(12-16)2-1-3-22(19)27-24(29)30-23-14-28-10-8-15(23)9-11-28/h4-7,12-13,15,22-23H,1-3,8-11,14H2,(H,27,29)/t22?,23-/m1/s1. The number of hydrogen-bond donors (Lipinski definition) is 1. The van der Waals surface area contributed by atoms with E-state index in [1.165, 1.54) is 11.1 Å². The number of aryl methyl sites for hydroxylation is 1. The van der Waals surface area contributed by atoms with Gasteiger partial charge in [-0.25, -0.2) is 4.79 Å². The molecule has 4 aliphatic rings. The van der Waals surface area contributed by atoms with Gasteiger partial charge in [-0.1, -0.05) is 47.5 Å². The number of benzene rings is 2. The second-order valence-corrected chi connectivity index (χ2v) is 9.53. The lowest BCUT2D eigenvalue weighted by Crippen LogP contribution is -2.52. The fraction of sp³-hybridized carbons (Fsp3) is 0.458. The van der Waals surface area contributed by atoms with E-state index in [0.717, 1.165) is 62.9 Å². The lowest BCUT2D eigenvalue weighted by molar-refractivity contribution is -0.0340. The first-order valence-electron chi connectivity index (χ1n) is 10.8. The number of alkyl carbamates (subject to hydrolysis) is 1. The van der Waals surface area contributed by atoms with Crippen LogP contribution in [0, 0.1) is 5.92 Å². The molecular formula is C24H26Cl2N2O2. The maximum absolute atomic E-state index is 12.6. The summed E-state index contributed by atoms with van der Waals surface area (Å²) >= 11 is 12.2. The fourth-order valence-electron chi connectivity index (χ4n) is 5.18. The molecule has 0 spiro atoms. The zero-order valence-corrected chi connectivity index (χ0v) is 18.4. The van der Waals surface area contributed by atoms with Crippen LogP contribution >= 0.6 is 23.2 Å². The Balaban J connectivity index is 1.29. The first kappa shape index (κ1) is 20.2. The summed E-state index contributed by atoms with van der Waals surface area (Å²) in [6.07, 6.45) is 5.03. The topological polar surface area (TPSA) is 41.6 Å². The summed E-state index contributed by atoms with van der Waals surface area (Å²) in [6.45, 7) is 3.17. The highest BCUT2D eigenvalue weighted by Crippen LogP contribution is 2.35. The number of carbonyl (C=O) groups is 1. The molecule has 1 aliphatic carbocycles. The second kappa shape index (κ2) is 8.41. The number of rotatable bonds is 3. The van der Waals surface area contributed by atoms with Crippen molar-refractivity contribution in [3.05, 3.63) is 57.6 Å². The fourth-order valence-corrected chi connectivity index (χ4v) is 5.48. The average Bonchev–Trinajstić information content (AvgIpc) is 2.76. The Bertz CT molecular complexity index is 956. The molecule has 2 aromatic rings. The molecule has 3 heterocycles. The molecule has 4 nitrogen and oxygen atoms in total. The minimum Gasteiger partial charge on any atom is -0.445 e. The van der Waals surface area contributed by atoms with Crippen LogP contribution in [0.25, 0.3) is 11.1 Å². The number of nitrogens with zero attached hydrogens (tertiary/aromatic N) is 1. The third-order valence-corrected chi connectivity index (χ3v) is 7.60. The second-order valence-electron chi connectivity index (χ2n) is 8.71. The Morgan fingerprint density at radius 3 is 2.50 bits per heavy atom. The number of fused-ring (bicyclic) bond motifs is 4. The Kier molecular flexibility index (Phi) is 5.65. The van der Waals surface area contributed by atoms with E-state index in [1.54, 1.807) is 0 Å². The van der Waals surface area contributed by atoms with E-state index < -0.39 is 0 Å². The first-order valence-corrected chi connectivity index (χ1v) is 11.6. The summed E-state index contributed by atoms with van der Waals surface area (Å²) in [4.78, 5) is 15.0. The summed E-state index contributed by atoms with van der Waals surface area (Å²) in [7, 11) is 0. The van der Waals surface area contributed by atoms with Crippen molar-refractivity contribution in [2.45, 2.75) is 44.2 Å². The van der Waals surface area contributed by atoms with Gasteiger partial charge in [-0.2, -0.15) is 0 Å². The lowest BCUT2D eigenvalue weighted by Gasteiger charge is -2.44. The van der Waals surface area contributed by atoms with Crippen LogP contribution in [0.5, 0.6) is 0 Å². The van der Waals surface area contributed by atoms with Crippen LogP contribution in [0.4, 0.5) is 4.79 Å². The molecule has 2 atom stereocenters. The van der Waals surface area contributed by atoms with Gasteiger partial charge in [0.2, 0.25) is 0 Å². The third kappa shape index (κ3) is 4.05. The Morgan fingerprint density at radius 2 is 1.77 bits per heavy atom. The summed E-state index contributed by atoms with van der Waals surface area (Å²) in [5.74, 6) is 0.521. The van der Waals surface area contributed by atoms with E-state index >= 15 is 0 Å². The minimum atomic E-state index is -0.278. The molecule has 158 valence electrons. The number of nitrogens with one attached hydrogen (secondary N) is 1. The zero-order valence-electron chi connectivity index (χ0n) is 16.9. The van der Waals surface area contributed by atoms with Gasteiger partial charge in [0.25, 0.3) is 0 Å². The molecule has 1 unspecified atom stereocenters. The van der Waals surface area contributed by atoms with Gasteiger partial charge < -0.3 is 10.1 Å². The van der Waals surface area contributed by atoms with Crippen LogP contribution < -0.4 is 5.32 Å². The number of carbonyl (C=O) groups excluding carboxylic acids is 1. The summed E-state index contributed by atoms with van der Waals surface area (Å²) in [6, 6.07) is 12.2. The number of hydrogen-bond acceptors (Lipinski definition) is 3. The molecule has 3 aliphatic heterocycles. The van der Waals surface area contributed by atoms with Crippen molar-refractivity contribution in [1.29, 1.82) is 0 Å². The maximum Gasteiger partial charge on any atom is 0.407 e. The molecule has 0 radical (unpaired) electrons. The van der Waals surface area contributed by atoms with Crippen LogP contribution in [0.1, 0.15) is 42.9 Å². The largest absolute Gasteiger partial charge is 0.445 e. The molecule has 1 amide bonds. The number of piperidine rings is 3. The van der Waals surface area contributed by atoms with Crippen molar-refractivity contribution in [1.82, 2.24) is 10.2 Å². The normalized spacial score (nSPS) is 27.4. The van der Waals surface area contributed by atoms with Crippen LogP contribution in [0.15, 0.2) is 36.4 Å². The summed E-state index contributed by atoms with van der Waals surface area (Å²) in [5.41, 5.74) is 4.63. The first-order chi connectivity index (χ1) is 14.6. The van der Waals surface area contributed by atoms with Gasteiger partial charge in [-0.15, -0.1) is 0 Å². The molecule has 2 aromatic carbocycles. The predicted molar refractivity (Wildman–Crippen MR) is 120 cm³/mol. The van der Waals surface area contributed by atoms with Crippen molar-refractivity contribution in [3.8, 4) is 11.1 Å². The monoisotopic (exact) mass is 444 g/mol. The number of amides is 1. The van der Waals surface area contributed by atoms with Crippen LogP contribution in [0.2, 0.25) is 10.0 Å². The van der Waals surface area contributed by atoms with E-state index in [-0.39, 0.29) is 18.2 Å². The van der Waals surface area contributed by atoms with Crippen molar-refractivity contribution >= 4 is 29.3 Å². The van der Waals surface area contributed by atoms with Crippen molar-refractivity contribution in [2.75, 3.05) is 19.6 Å². The molecule has 30 heavy (non-hydrogen) atoms. The van der Waals surface area contributed by atoms with Gasteiger partial charge in [0, 0.05) is 6.54 Å². The highest BCUT2D eigenvalue weighted by Gasteiger charge is 2.37. The average molecular weight is 445 g/mol. The summed E-state index contributed by atoms with van der Waals surface area (Å²) in [5, 5.41) is 4.26. The molecule has 6 heteroatoms. The van der Waals surface area contributed by atoms with E-state index in [0.29, 0.717) is 16.0 Å². The van der Waals surface area contributed by atoms with Gasteiger partial charge in [0.1, 0.15) is 6.10 Å². The minimum absolute atomic E-state index is 0.00481. The van der Waals surface area contributed by atoms with E-state index in [1.807, 2.05) is 18.2 Å². The highest BCUT2D eigenvalue weighted by atomic mass is 35.5. The van der Waals surface area contributed by atoms with Crippen LogP contribution in [0.3, 0.4) is 0 Å². The lowest BCUT2D eigenvalue weighted by atomic mass is 9.85. The number of halogens is 2. The van der Waals surface area contributed by atoms with Gasteiger partial charge in [0.05, 0.1) is 16.1 Å². The SMILES string of the molecule is O=C(NC1CCCc2cc(-c3ccc(Cl)c(Cl)c3)ccc21)O[C@@H]1CN2CCC1CC2. The van der Waals surface area contributed by atoms with Gasteiger partial charge in [-0.3, -0.25) is 4.90 Å². The molecule has 0 saturated carbocycles. The maximum atomic E-state index is 12.6. The predicted octanol–water partition coefficient (Wildman–Crippen LogP) is 5.86. The molecule has 3 saturated heterocycles. The van der Waals surface area contributed by atoms with Crippen LogP contribution in [-0.4, -0.2) is 36.7 Å². The third-order valence-electron chi connectivity index (χ3n) is 6.86. The Labute approximate surface area is 187 Å². The Morgan fingerprint density at radius 1 is 1.00 bits per heavy atom. The molecule has 6 rings (SSSR count). The smallest absolute Gasteiger partial charge is 0.407 e. The zero-order chi connectivity index (χ0) is 20.7. The molecular weight excluding hydrogens is 419 g/mol. The van der Waals surface area contributed by atoms with Crippen LogP contribution in [-0.2, 0) is 11.2 Å². The number of ether oxygens (including phenoxy) is 1. The van der Waals surface area contributed by atoms with Gasteiger partial charge in [0.15, 0.2) is 0 Å². The van der Waals surface area contributed by atoms with E-state index in [2.05, 4.69) is 28.4 Å². The van der Waals surface area contributed by atoms with Crippen molar-refractivity contribution in [2.24, 2.45) is 5.92 Å². The van der Waals surface area contributed by atoms with Crippen molar-refractivity contribution < 1.29 is 9.53 Å².